The molecule has 140 valence electrons. The van der Waals surface area contributed by atoms with Crippen LogP contribution in [0.15, 0.2) is 55.1 Å². The number of carbonyl (C=O) groups is 2. The van der Waals surface area contributed by atoms with Gasteiger partial charge in [0, 0.05) is 6.54 Å². The molecule has 1 aliphatic heterocycles. The van der Waals surface area contributed by atoms with E-state index in [1.54, 1.807) is 12.1 Å². The number of halogens is 2. The zero-order valence-electron chi connectivity index (χ0n) is 14.5. The molecule has 0 saturated carbocycles. The van der Waals surface area contributed by atoms with Crippen LogP contribution in [-0.4, -0.2) is 36.4 Å². The summed E-state index contributed by atoms with van der Waals surface area (Å²) in [6.07, 6.45) is 0.653. The Morgan fingerprint density at radius 1 is 1.15 bits per heavy atom. The molecule has 1 heterocycles. The molecule has 1 atom stereocenters. The minimum Gasteiger partial charge on any atom is -0.370 e. The fourth-order valence-corrected chi connectivity index (χ4v) is 2.87. The van der Waals surface area contributed by atoms with Crippen LogP contribution in [0.2, 0.25) is 0 Å². The smallest absolute Gasteiger partial charge is 0.256 e. The molecule has 0 bridgehead atoms. The molecule has 0 aliphatic carbocycles. The number of hydrogen-bond donors (Lipinski definition) is 1. The second-order valence-corrected chi connectivity index (χ2v) is 6.05. The highest BCUT2D eigenvalue weighted by Crippen LogP contribution is 2.26. The van der Waals surface area contributed by atoms with Gasteiger partial charge in [-0.3, -0.25) is 9.59 Å². The van der Waals surface area contributed by atoms with Gasteiger partial charge in [0.05, 0.1) is 24.4 Å². The number of carbonyl (C=O) groups excluding carboxylic acids is 2. The summed E-state index contributed by atoms with van der Waals surface area (Å²) in [6.45, 7) is 4.21. The van der Waals surface area contributed by atoms with Crippen molar-refractivity contribution in [2.75, 3.05) is 25.0 Å². The van der Waals surface area contributed by atoms with Crippen LogP contribution in [0.4, 0.5) is 14.5 Å². The van der Waals surface area contributed by atoms with E-state index in [4.69, 9.17) is 4.74 Å². The predicted octanol–water partition coefficient (Wildman–Crippen LogP) is 3.30. The van der Waals surface area contributed by atoms with E-state index >= 15 is 0 Å². The zero-order chi connectivity index (χ0) is 19.4. The summed E-state index contributed by atoms with van der Waals surface area (Å²) in [5.41, 5.74) is 0.995. The summed E-state index contributed by atoms with van der Waals surface area (Å²) in [4.78, 5) is 26.0. The number of nitrogens with one attached hydrogen (secondary N) is 1. The van der Waals surface area contributed by atoms with Crippen molar-refractivity contribution in [1.82, 2.24) is 4.90 Å². The monoisotopic (exact) mass is 372 g/mol. The number of anilines is 1. The van der Waals surface area contributed by atoms with E-state index in [9.17, 15) is 18.4 Å². The first-order valence-corrected chi connectivity index (χ1v) is 8.37. The quantitative estimate of drug-likeness (QED) is 0.838. The maximum Gasteiger partial charge on any atom is 0.256 e. The van der Waals surface area contributed by atoms with Gasteiger partial charge < -0.3 is 15.0 Å². The Morgan fingerprint density at radius 3 is 2.56 bits per heavy atom. The average molecular weight is 372 g/mol. The number of amides is 2. The van der Waals surface area contributed by atoms with Crippen molar-refractivity contribution in [2.24, 2.45) is 0 Å². The highest BCUT2D eigenvalue weighted by molar-refractivity contribution is 6.06. The topological polar surface area (TPSA) is 58.6 Å². The van der Waals surface area contributed by atoms with Crippen LogP contribution in [-0.2, 0) is 9.53 Å². The van der Waals surface area contributed by atoms with Crippen molar-refractivity contribution in [3.05, 3.63) is 77.9 Å². The Balaban J connectivity index is 1.82. The van der Waals surface area contributed by atoms with E-state index in [2.05, 4.69) is 11.9 Å². The van der Waals surface area contributed by atoms with Crippen LogP contribution in [0.3, 0.4) is 0 Å². The van der Waals surface area contributed by atoms with Gasteiger partial charge in [-0.25, -0.2) is 8.78 Å². The number of nitrogens with zero attached hydrogens (tertiary/aromatic N) is 1. The molecule has 5 nitrogen and oxygen atoms in total. The normalized spacial score (nSPS) is 16.7. The third-order valence-corrected chi connectivity index (χ3v) is 4.25. The maximum absolute atomic E-state index is 13.7. The highest BCUT2D eigenvalue weighted by atomic mass is 19.1. The van der Waals surface area contributed by atoms with Gasteiger partial charge in [-0.15, -0.1) is 0 Å². The van der Waals surface area contributed by atoms with Crippen LogP contribution in [0, 0.1) is 11.6 Å². The Morgan fingerprint density at radius 2 is 1.85 bits per heavy atom. The van der Waals surface area contributed by atoms with Crippen LogP contribution in [0.1, 0.15) is 22.0 Å². The molecule has 0 radical (unpaired) electrons. The molecule has 1 unspecified atom stereocenters. The number of benzene rings is 2. The Kier molecular flexibility index (Phi) is 5.61. The molecule has 7 heteroatoms. The van der Waals surface area contributed by atoms with E-state index < -0.39 is 23.7 Å². The van der Waals surface area contributed by atoms with E-state index in [1.807, 2.05) is 0 Å². The summed E-state index contributed by atoms with van der Waals surface area (Å²) < 4.78 is 32.5. The lowest BCUT2D eigenvalue weighted by Crippen LogP contribution is -2.42. The van der Waals surface area contributed by atoms with Crippen molar-refractivity contribution in [3.63, 3.8) is 0 Å². The van der Waals surface area contributed by atoms with Crippen LogP contribution in [0.5, 0.6) is 0 Å². The van der Waals surface area contributed by atoms with Gasteiger partial charge >= 0.3 is 0 Å². The van der Waals surface area contributed by atoms with Crippen LogP contribution in [0.25, 0.3) is 0 Å². The molecule has 1 saturated heterocycles. The first-order chi connectivity index (χ1) is 13.0. The lowest BCUT2D eigenvalue weighted by atomic mass is 10.1. The average Bonchev–Trinajstić information content (AvgIpc) is 2.69. The first-order valence-electron chi connectivity index (χ1n) is 8.37. The molecule has 1 aliphatic rings. The van der Waals surface area contributed by atoms with Gasteiger partial charge in [-0.2, -0.15) is 0 Å². The third-order valence-electron chi connectivity index (χ3n) is 4.25. The van der Waals surface area contributed by atoms with Crippen LogP contribution < -0.4 is 5.32 Å². The second kappa shape index (κ2) is 8.09. The molecule has 27 heavy (non-hydrogen) atoms. The Bertz CT molecular complexity index is 868. The largest absolute Gasteiger partial charge is 0.370 e. The molecule has 0 spiro atoms. The van der Waals surface area contributed by atoms with Crippen LogP contribution >= 0.6 is 0 Å². The Labute approximate surface area is 155 Å². The van der Waals surface area contributed by atoms with Gasteiger partial charge in [0.25, 0.3) is 5.91 Å². The van der Waals surface area contributed by atoms with Gasteiger partial charge in [-0.1, -0.05) is 18.7 Å². The van der Waals surface area contributed by atoms with Crippen molar-refractivity contribution in [2.45, 2.75) is 6.10 Å². The lowest BCUT2D eigenvalue weighted by molar-refractivity contribution is -0.111. The fourth-order valence-electron chi connectivity index (χ4n) is 2.87. The predicted molar refractivity (Wildman–Crippen MR) is 96.2 cm³/mol. The molecule has 1 N–H and O–H groups in total. The van der Waals surface area contributed by atoms with Crippen molar-refractivity contribution >= 4 is 17.5 Å². The summed E-state index contributed by atoms with van der Waals surface area (Å²) in [6, 6.07) is 9.45. The molecule has 2 aromatic rings. The molecule has 0 aromatic heterocycles. The first kappa shape index (κ1) is 18.7. The van der Waals surface area contributed by atoms with Gasteiger partial charge in [0.15, 0.2) is 0 Å². The number of ether oxygens (including phenoxy) is 1. The van der Waals surface area contributed by atoms with Crippen molar-refractivity contribution in [3.8, 4) is 0 Å². The molecule has 2 aromatic carbocycles. The minimum atomic E-state index is -0.585. The number of hydrogen-bond acceptors (Lipinski definition) is 3. The van der Waals surface area contributed by atoms with E-state index in [-0.39, 0.29) is 30.2 Å². The molecule has 1 fully saturated rings. The number of morpholine rings is 1. The molecular formula is C20H18F2N2O3. The SMILES string of the molecule is C=CC(=O)Nc1ccc(F)cc1C(=O)N1CCOC(c2ccc(F)cc2)C1. The van der Waals surface area contributed by atoms with E-state index in [1.165, 1.54) is 23.1 Å². The zero-order valence-corrected chi connectivity index (χ0v) is 14.5. The van der Waals surface area contributed by atoms with Crippen molar-refractivity contribution < 1.29 is 23.1 Å². The fraction of sp³-hybridized carbons (Fsp3) is 0.200. The second-order valence-electron chi connectivity index (χ2n) is 6.05. The Hall–Kier alpha value is -3.06. The van der Waals surface area contributed by atoms with E-state index in [0.29, 0.717) is 6.54 Å². The summed E-state index contributed by atoms with van der Waals surface area (Å²) in [5, 5.41) is 2.51. The van der Waals surface area contributed by atoms with E-state index in [0.717, 1.165) is 23.8 Å². The highest BCUT2D eigenvalue weighted by Gasteiger charge is 2.28. The van der Waals surface area contributed by atoms with Gasteiger partial charge in [0.1, 0.15) is 17.7 Å². The summed E-state index contributed by atoms with van der Waals surface area (Å²) in [7, 11) is 0. The summed E-state index contributed by atoms with van der Waals surface area (Å²) >= 11 is 0. The minimum absolute atomic E-state index is 0.0463. The third kappa shape index (κ3) is 4.38. The van der Waals surface area contributed by atoms with Gasteiger partial charge in [0.2, 0.25) is 5.91 Å². The number of rotatable bonds is 4. The molecular weight excluding hydrogens is 354 g/mol. The summed E-state index contributed by atoms with van der Waals surface area (Å²) in [5.74, 6) is -1.87. The lowest BCUT2D eigenvalue weighted by Gasteiger charge is -2.33. The maximum atomic E-state index is 13.7. The molecule has 2 amide bonds. The molecule has 3 rings (SSSR count). The standard InChI is InChI=1S/C20H18F2N2O3/c1-2-19(25)23-17-8-7-15(22)11-16(17)20(26)24-9-10-27-18(12-24)13-3-5-14(21)6-4-13/h2-8,11,18H,1,9-10,12H2,(H,23,25). The van der Waals surface area contributed by atoms with Crippen molar-refractivity contribution in [1.29, 1.82) is 0 Å². The van der Waals surface area contributed by atoms with Gasteiger partial charge in [-0.05, 0) is 42.0 Å².